The van der Waals surface area contributed by atoms with Crippen LogP contribution in [0.3, 0.4) is 0 Å². The molecule has 3 heterocycles. The maximum absolute atomic E-state index is 12.9. The van der Waals surface area contributed by atoms with Gasteiger partial charge in [-0.1, -0.05) is 0 Å². The number of hydrogen-bond donors (Lipinski definition) is 1. The number of aromatic nitrogens is 2. The molecule has 1 saturated heterocycles. The number of nitrogens with one attached hydrogen (secondary N) is 1. The Morgan fingerprint density at radius 2 is 1.89 bits per heavy atom. The van der Waals surface area contributed by atoms with Crippen LogP contribution in [-0.2, 0) is 12.6 Å². The van der Waals surface area contributed by atoms with Gasteiger partial charge in [-0.3, -0.25) is 0 Å². The fraction of sp³-hybridized carbons (Fsp3) is 0.550. The van der Waals surface area contributed by atoms with Crippen molar-refractivity contribution in [1.82, 2.24) is 14.7 Å². The molecule has 1 atom stereocenters. The monoisotopic (exact) mass is 378 g/mol. The minimum Gasteiger partial charge on any atom is -0.370 e. The Balaban J connectivity index is 1.74. The second-order valence-corrected chi connectivity index (χ2v) is 7.65. The predicted molar refractivity (Wildman–Crippen MR) is 99.5 cm³/mol. The van der Waals surface area contributed by atoms with Gasteiger partial charge in [-0.2, -0.15) is 18.3 Å². The summed E-state index contributed by atoms with van der Waals surface area (Å²) in [6.45, 7) is 2.95. The average molecular weight is 378 g/mol. The lowest BCUT2D eigenvalue weighted by molar-refractivity contribution is -0.137. The van der Waals surface area contributed by atoms with Crippen molar-refractivity contribution < 1.29 is 13.2 Å². The molecular formula is C20H25F3N4. The fourth-order valence-electron chi connectivity index (χ4n) is 4.22. The van der Waals surface area contributed by atoms with Crippen molar-refractivity contribution in [2.45, 2.75) is 44.2 Å². The predicted octanol–water partition coefficient (Wildman–Crippen LogP) is 4.45. The van der Waals surface area contributed by atoms with Crippen LogP contribution < -0.4 is 5.32 Å². The number of benzene rings is 1. The molecule has 2 aromatic rings. The molecule has 4 rings (SSSR count). The number of fused-ring (bicyclic) bond motifs is 1. The summed E-state index contributed by atoms with van der Waals surface area (Å²) in [7, 11) is 2.13. The highest BCUT2D eigenvalue weighted by Gasteiger charge is 2.31. The van der Waals surface area contributed by atoms with Gasteiger partial charge < -0.3 is 10.2 Å². The molecular weight excluding hydrogens is 353 g/mol. The number of rotatable bonds is 2. The van der Waals surface area contributed by atoms with Gasteiger partial charge in [0.05, 0.1) is 16.9 Å². The van der Waals surface area contributed by atoms with Gasteiger partial charge in [0.2, 0.25) is 0 Å². The Labute approximate surface area is 157 Å². The average Bonchev–Trinajstić information content (AvgIpc) is 2.82. The molecule has 2 aliphatic heterocycles. The topological polar surface area (TPSA) is 33.1 Å². The Morgan fingerprint density at radius 1 is 1.11 bits per heavy atom. The van der Waals surface area contributed by atoms with Gasteiger partial charge in [-0.25, -0.2) is 4.68 Å². The van der Waals surface area contributed by atoms with Crippen LogP contribution in [0, 0.1) is 0 Å². The lowest BCUT2D eigenvalue weighted by Gasteiger charge is -2.29. The number of halogens is 3. The minimum atomic E-state index is -4.32. The van der Waals surface area contributed by atoms with E-state index in [9.17, 15) is 13.2 Å². The van der Waals surface area contributed by atoms with Crippen molar-refractivity contribution in [1.29, 1.82) is 0 Å². The molecule has 1 N–H and O–H groups in total. The number of anilines is 1. The van der Waals surface area contributed by atoms with Gasteiger partial charge in [0.15, 0.2) is 0 Å². The van der Waals surface area contributed by atoms with Crippen LogP contribution in [0.25, 0.3) is 5.69 Å². The van der Waals surface area contributed by atoms with Crippen LogP contribution in [0.15, 0.2) is 24.3 Å². The summed E-state index contributed by atoms with van der Waals surface area (Å²) in [5.41, 5.74) is 2.40. The van der Waals surface area contributed by atoms with Crippen LogP contribution in [0.1, 0.15) is 48.4 Å². The third kappa shape index (κ3) is 3.70. The normalized spacial score (nSPS) is 21.4. The maximum atomic E-state index is 12.9. The molecule has 0 amide bonds. The number of likely N-dealkylation sites (N-methyl/N-ethyl adjacent to an activating group) is 1. The maximum Gasteiger partial charge on any atom is 0.416 e. The first kappa shape index (κ1) is 18.3. The quantitative estimate of drug-likeness (QED) is 0.838. The Bertz CT molecular complexity index is 795. The van der Waals surface area contributed by atoms with Crippen molar-refractivity contribution in [3.63, 3.8) is 0 Å². The summed E-state index contributed by atoms with van der Waals surface area (Å²) < 4.78 is 40.5. The third-order valence-electron chi connectivity index (χ3n) is 5.61. The molecule has 0 bridgehead atoms. The molecule has 0 spiro atoms. The molecule has 2 aliphatic rings. The Kier molecular flexibility index (Phi) is 4.88. The zero-order valence-electron chi connectivity index (χ0n) is 15.5. The number of piperidine rings is 1. The van der Waals surface area contributed by atoms with Gasteiger partial charge in [-0.15, -0.1) is 0 Å². The van der Waals surface area contributed by atoms with Crippen LogP contribution in [-0.4, -0.2) is 41.4 Å². The lowest BCUT2D eigenvalue weighted by Crippen LogP contribution is -2.31. The summed E-state index contributed by atoms with van der Waals surface area (Å²) in [5.74, 6) is 1.34. The number of hydrogen-bond acceptors (Lipinski definition) is 3. The highest BCUT2D eigenvalue weighted by Crippen LogP contribution is 2.36. The Morgan fingerprint density at radius 3 is 2.59 bits per heavy atom. The van der Waals surface area contributed by atoms with Crippen LogP contribution in [0.4, 0.5) is 19.0 Å². The summed E-state index contributed by atoms with van der Waals surface area (Å²) in [6, 6.07) is 5.29. The van der Waals surface area contributed by atoms with E-state index in [1.54, 1.807) is 0 Å². The second kappa shape index (κ2) is 7.19. The van der Waals surface area contributed by atoms with Gasteiger partial charge in [-0.05, 0) is 70.0 Å². The molecule has 1 aromatic heterocycles. The van der Waals surface area contributed by atoms with E-state index in [-0.39, 0.29) is 0 Å². The molecule has 0 radical (unpaired) electrons. The summed E-state index contributed by atoms with van der Waals surface area (Å²) in [6.07, 6.45) is 1.10. The fourth-order valence-corrected chi connectivity index (χ4v) is 4.22. The van der Waals surface area contributed by atoms with Crippen molar-refractivity contribution in [2.24, 2.45) is 0 Å². The van der Waals surface area contributed by atoms with Crippen LogP contribution in [0.5, 0.6) is 0 Å². The van der Waals surface area contributed by atoms with Crippen LogP contribution in [0.2, 0.25) is 0 Å². The largest absolute Gasteiger partial charge is 0.416 e. The SMILES string of the molecule is CN1CCCC(c2nn(-c3ccc(C(F)(F)F)cc3)c3c2CCCCN3)C1. The lowest BCUT2D eigenvalue weighted by atomic mass is 9.91. The van der Waals surface area contributed by atoms with E-state index in [1.807, 2.05) is 4.68 Å². The summed E-state index contributed by atoms with van der Waals surface area (Å²) >= 11 is 0. The van der Waals surface area contributed by atoms with E-state index in [0.29, 0.717) is 11.6 Å². The van der Waals surface area contributed by atoms with Gasteiger partial charge in [0.1, 0.15) is 5.82 Å². The zero-order valence-corrected chi connectivity index (χ0v) is 15.5. The van der Waals surface area contributed by atoms with Crippen molar-refractivity contribution in [3.8, 4) is 5.69 Å². The summed E-state index contributed by atoms with van der Waals surface area (Å²) in [5, 5.41) is 8.37. The van der Waals surface area contributed by atoms with E-state index in [1.165, 1.54) is 17.7 Å². The highest BCUT2D eigenvalue weighted by molar-refractivity contribution is 5.55. The van der Waals surface area contributed by atoms with Gasteiger partial charge >= 0.3 is 6.18 Å². The van der Waals surface area contributed by atoms with Gasteiger partial charge in [0, 0.05) is 24.6 Å². The van der Waals surface area contributed by atoms with Gasteiger partial charge in [0.25, 0.3) is 0 Å². The van der Waals surface area contributed by atoms with E-state index in [2.05, 4.69) is 17.3 Å². The van der Waals surface area contributed by atoms with E-state index in [4.69, 9.17) is 5.10 Å². The molecule has 4 nitrogen and oxygen atoms in total. The second-order valence-electron chi connectivity index (χ2n) is 7.65. The molecule has 1 unspecified atom stereocenters. The zero-order chi connectivity index (χ0) is 19.0. The van der Waals surface area contributed by atoms with Crippen LogP contribution >= 0.6 is 0 Å². The molecule has 146 valence electrons. The molecule has 1 aromatic carbocycles. The first-order chi connectivity index (χ1) is 12.9. The van der Waals surface area contributed by atoms with E-state index < -0.39 is 11.7 Å². The molecule has 7 heteroatoms. The molecule has 27 heavy (non-hydrogen) atoms. The number of nitrogens with zero attached hydrogens (tertiary/aromatic N) is 3. The van der Waals surface area contributed by atoms with E-state index >= 15 is 0 Å². The van der Waals surface area contributed by atoms with Crippen molar-refractivity contribution in [2.75, 3.05) is 32.0 Å². The first-order valence-electron chi connectivity index (χ1n) is 9.65. The molecule has 1 fully saturated rings. The Hall–Kier alpha value is -2.02. The molecule has 0 aliphatic carbocycles. The standard InChI is InChI=1S/C20H25F3N4/c1-26-12-4-5-14(13-26)18-17-6-2-3-11-24-19(17)27(25-18)16-9-7-15(8-10-16)20(21,22)23/h7-10,14,24H,2-6,11-13H2,1H3. The van der Waals surface area contributed by atoms with Crippen molar-refractivity contribution >= 4 is 5.82 Å². The third-order valence-corrected chi connectivity index (χ3v) is 5.61. The minimum absolute atomic E-state index is 0.382. The smallest absolute Gasteiger partial charge is 0.370 e. The highest BCUT2D eigenvalue weighted by atomic mass is 19.4. The number of likely N-dealkylation sites (tertiary alicyclic amines) is 1. The van der Waals surface area contributed by atoms with E-state index in [0.717, 1.165) is 75.4 Å². The van der Waals surface area contributed by atoms with Crippen molar-refractivity contribution in [3.05, 3.63) is 41.1 Å². The molecule has 0 saturated carbocycles. The summed E-state index contributed by atoms with van der Waals surface area (Å²) in [4.78, 5) is 2.34. The first-order valence-corrected chi connectivity index (χ1v) is 9.65. The number of alkyl halides is 3.